The molecule has 0 saturated carbocycles. The van der Waals surface area contributed by atoms with E-state index in [1.165, 1.54) is 29.2 Å². The first-order valence-corrected chi connectivity index (χ1v) is 14.5. The standard InChI is InChI=1S/C28H30ClF2N3O4S/c1-3-15-32-28(36)26(16-20-9-5-4-6-10-20)33(18-21-11-7-8-12-24(21)30)27(35)19-34(39(2,37)38)22-13-14-25(31)23(29)17-22/h4-14,17,26H,3,15-16,18-19H2,1-2H3,(H,32,36)/t26-/m1/s1. The Morgan fingerprint density at radius 3 is 2.26 bits per heavy atom. The van der Waals surface area contributed by atoms with Crippen molar-refractivity contribution in [2.45, 2.75) is 32.4 Å². The molecule has 0 saturated heterocycles. The lowest BCUT2D eigenvalue weighted by atomic mass is 10.0. The van der Waals surface area contributed by atoms with Gasteiger partial charge in [0, 0.05) is 25.1 Å². The molecule has 39 heavy (non-hydrogen) atoms. The number of hydrogen-bond donors (Lipinski definition) is 1. The maximum absolute atomic E-state index is 14.7. The molecule has 0 aliphatic carbocycles. The molecule has 2 amide bonds. The molecule has 0 unspecified atom stereocenters. The number of halogens is 3. The molecule has 7 nitrogen and oxygen atoms in total. The fourth-order valence-corrected chi connectivity index (χ4v) is 5.00. The Bertz CT molecular complexity index is 1410. The highest BCUT2D eigenvalue weighted by molar-refractivity contribution is 7.92. The molecule has 3 aromatic carbocycles. The Morgan fingerprint density at radius 1 is 0.974 bits per heavy atom. The molecule has 3 aromatic rings. The van der Waals surface area contributed by atoms with Gasteiger partial charge in [0.25, 0.3) is 0 Å². The number of amides is 2. The first-order chi connectivity index (χ1) is 18.5. The summed E-state index contributed by atoms with van der Waals surface area (Å²) in [5, 5.41) is 2.48. The average Bonchev–Trinajstić information content (AvgIpc) is 2.90. The van der Waals surface area contributed by atoms with Gasteiger partial charge in [-0.2, -0.15) is 0 Å². The highest BCUT2D eigenvalue weighted by atomic mass is 35.5. The van der Waals surface area contributed by atoms with E-state index in [4.69, 9.17) is 11.6 Å². The number of nitrogens with one attached hydrogen (secondary N) is 1. The maximum atomic E-state index is 14.7. The zero-order chi connectivity index (χ0) is 28.6. The molecule has 208 valence electrons. The van der Waals surface area contributed by atoms with E-state index in [-0.39, 0.29) is 29.2 Å². The predicted octanol–water partition coefficient (Wildman–Crippen LogP) is 4.55. The summed E-state index contributed by atoms with van der Waals surface area (Å²) in [6.07, 6.45) is 1.66. The lowest BCUT2D eigenvalue weighted by molar-refractivity contribution is -0.140. The number of carbonyl (C=O) groups excluding carboxylic acids is 2. The van der Waals surface area contributed by atoms with Gasteiger partial charge >= 0.3 is 0 Å². The highest BCUT2D eigenvalue weighted by Crippen LogP contribution is 2.25. The topological polar surface area (TPSA) is 86.8 Å². The van der Waals surface area contributed by atoms with Gasteiger partial charge in [-0.3, -0.25) is 13.9 Å². The van der Waals surface area contributed by atoms with Crippen molar-refractivity contribution in [3.8, 4) is 0 Å². The van der Waals surface area contributed by atoms with Gasteiger partial charge in [0.15, 0.2) is 0 Å². The molecule has 0 aliphatic rings. The summed E-state index contributed by atoms with van der Waals surface area (Å²) in [5.74, 6) is -2.54. The van der Waals surface area contributed by atoms with E-state index in [2.05, 4.69) is 5.32 Å². The third kappa shape index (κ3) is 8.24. The second-order valence-electron chi connectivity index (χ2n) is 8.98. The number of anilines is 1. The number of hydrogen-bond acceptors (Lipinski definition) is 4. The summed E-state index contributed by atoms with van der Waals surface area (Å²) in [6, 6.07) is 17.0. The Hall–Kier alpha value is -3.50. The van der Waals surface area contributed by atoms with Crippen LogP contribution < -0.4 is 9.62 Å². The summed E-state index contributed by atoms with van der Waals surface area (Å²) in [6.45, 7) is 1.23. The van der Waals surface area contributed by atoms with Crippen LogP contribution in [0.1, 0.15) is 24.5 Å². The smallest absolute Gasteiger partial charge is 0.244 e. The second-order valence-corrected chi connectivity index (χ2v) is 11.3. The largest absolute Gasteiger partial charge is 0.354 e. The molecule has 1 N–H and O–H groups in total. The molecule has 0 heterocycles. The van der Waals surface area contributed by atoms with Gasteiger partial charge in [0.2, 0.25) is 21.8 Å². The SMILES string of the molecule is CCCNC(=O)[C@@H](Cc1ccccc1)N(Cc1ccccc1F)C(=O)CN(c1ccc(F)c(Cl)c1)S(C)(=O)=O. The maximum Gasteiger partial charge on any atom is 0.244 e. The number of sulfonamides is 1. The summed E-state index contributed by atoms with van der Waals surface area (Å²) in [7, 11) is -4.05. The molecule has 0 radical (unpaired) electrons. The first kappa shape index (κ1) is 30.0. The van der Waals surface area contributed by atoms with Gasteiger partial charge in [-0.05, 0) is 36.2 Å². The number of nitrogens with zero attached hydrogens (tertiary/aromatic N) is 2. The summed E-state index contributed by atoms with van der Waals surface area (Å²) >= 11 is 5.88. The minimum absolute atomic E-state index is 0.0295. The van der Waals surface area contributed by atoms with Crippen molar-refractivity contribution in [2.75, 3.05) is 23.7 Å². The van der Waals surface area contributed by atoms with Crippen molar-refractivity contribution >= 4 is 39.1 Å². The van der Waals surface area contributed by atoms with Crippen molar-refractivity contribution in [3.05, 3.63) is 101 Å². The van der Waals surface area contributed by atoms with Crippen LogP contribution in [0.15, 0.2) is 72.8 Å². The molecule has 11 heteroatoms. The fraction of sp³-hybridized carbons (Fsp3) is 0.286. The molecular formula is C28H30ClF2N3O4S. The van der Waals surface area contributed by atoms with E-state index < -0.39 is 46.1 Å². The quantitative estimate of drug-likeness (QED) is 0.342. The zero-order valence-corrected chi connectivity index (χ0v) is 23.2. The van der Waals surface area contributed by atoms with Crippen molar-refractivity contribution < 1.29 is 26.8 Å². The molecule has 0 spiro atoms. The van der Waals surface area contributed by atoms with Crippen LogP contribution in [0.25, 0.3) is 0 Å². The Morgan fingerprint density at radius 2 is 1.64 bits per heavy atom. The van der Waals surface area contributed by atoms with Gasteiger partial charge in [-0.25, -0.2) is 17.2 Å². The lowest BCUT2D eigenvalue weighted by Gasteiger charge is -2.33. The molecular weight excluding hydrogens is 548 g/mol. The van der Waals surface area contributed by atoms with Crippen LogP contribution in [0, 0.1) is 11.6 Å². The Balaban J connectivity index is 2.06. The number of carbonyl (C=O) groups is 2. The van der Waals surface area contributed by atoms with Crippen molar-refractivity contribution in [1.82, 2.24) is 10.2 Å². The first-order valence-electron chi connectivity index (χ1n) is 12.3. The molecule has 3 rings (SSSR count). The van der Waals surface area contributed by atoms with Crippen LogP contribution in [-0.2, 0) is 32.6 Å². The van der Waals surface area contributed by atoms with Crippen molar-refractivity contribution in [2.24, 2.45) is 0 Å². The number of benzene rings is 3. The number of rotatable bonds is 12. The molecule has 0 aliphatic heterocycles. The van der Waals surface area contributed by atoms with E-state index in [0.717, 1.165) is 28.3 Å². The normalized spacial score (nSPS) is 12.0. The highest BCUT2D eigenvalue weighted by Gasteiger charge is 2.33. The van der Waals surface area contributed by atoms with Crippen LogP contribution in [0.5, 0.6) is 0 Å². The van der Waals surface area contributed by atoms with E-state index in [1.54, 1.807) is 30.3 Å². The van der Waals surface area contributed by atoms with Crippen LogP contribution in [0.3, 0.4) is 0 Å². The van der Waals surface area contributed by atoms with Crippen LogP contribution >= 0.6 is 11.6 Å². The van der Waals surface area contributed by atoms with E-state index in [9.17, 15) is 26.8 Å². The van der Waals surface area contributed by atoms with Crippen molar-refractivity contribution in [1.29, 1.82) is 0 Å². The predicted molar refractivity (Wildman–Crippen MR) is 148 cm³/mol. The van der Waals surface area contributed by atoms with E-state index >= 15 is 0 Å². The average molecular weight is 578 g/mol. The zero-order valence-electron chi connectivity index (χ0n) is 21.6. The van der Waals surface area contributed by atoms with Crippen LogP contribution in [0.4, 0.5) is 14.5 Å². The van der Waals surface area contributed by atoms with E-state index in [1.807, 2.05) is 13.0 Å². The third-order valence-corrected chi connectivity index (χ3v) is 7.42. The lowest BCUT2D eigenvalue weighted by Crippen LogP contribution is -2.53. The minimum Gasteiger partial charge on any atom is -0.354 e. The van der Waals surface area contributed by atoms with Gasteiger partial charge in [0.1, 0.15) is 24.2 Å². The van der Waals surface area contributed by atoms with Gasteiger partial charge < -0.3 is 10.2 Å². The van der Waals surface area contributed by atoms with E-state index in [0.29, 0.717) is 13.0 Å². The molecule has 0 bridgehead atoms. The summed E-state index contributed by atoms with van der Waals surface area (Å²) < 4.78 is 54.7. The van der Waals surface area contributed by atoms with Gasteiger partial charge in [-0.15, -0.1) is 0 Å². The molecule has 1 atom stereocenters. The van der Waals surface area contributed by atoms with Crippen molar-refractivity contribution in [3.63, 3.8) is 0 Å². The monoisotopic (exact) mass is 577 g/mol. The minimum atomic E-state index is -4.05. The van der Waals surface area contributed by atoms with Gasteiger partial charge in [0.05, 0.1) is 17.0 Å². The summed E-state index contributed by atoms with van der Waals surface area (Å²) in [5.41, 5.74) is 0.881. The second kappa shape index (κ2) is 13.5. The fourth-order valence-electron chi connectivity index (χ4n) is 3.98. The molecule has 0 fully saturated rings. The van der Waals surface area contributed by atoms with Crippen LogP contribution in [-0.4, -0.2) is 50.5 Å². The Kier molecular flexibility index (Phi) is 10.4. The third-order valence-electron chi connectivity index (χ3n) is 5.99. The summed E-state index contributed by atoms with van der Waals surface area (Å²) in [4.78, 5) is 28.4. The Labute approximate surface area is 232 Å². The van der Waals surface area contributed by atoms with Gasteiger partial charge in [-0.1, -0.05) is 67.1 Å². The van der Waals surface area contributed by atoms with Crippen LogP contribution in [0.2, 0.25) is 5.02 Å². The molecule has 0 aromatic heterocycles.